The number of anilines is 1. The second-order valence-electron chi connectivity index (χ2n) is 7.07. The lowest BCUT2D eigenvalue weighted by molar-refractivity contribution is -0.394. The quantitative estimate of drug-likeness (QED) is 0.226. The highest BCUT2D eigenvalue weighted by Gasteiger charge is 2.26. The van der Waals surface area contributed by atoms with Crippen LogP contribution >= 0.6 is 23.1 Å². The molecule has 0 radical (unpaired) electrons. The Balaban J connectivity index is 2.06. The van der Waals surface area contributed by atoms with Crippen LogP contribution in [0.15, 0.2) is 41.3 Å². The van der Waals surface area contributed by atoms with Crippen molar-refractivity contribution in [2.75, 3.05) is 37.3 Å². The van der Waals surface area contributed by atoms with E-state index < -0.39 is 27.1 Å². The molecule has 0 aliphatic carbocycles. The summed E-state index contributed by atoms with van der Waals surface area (Å²) in [6.07, 6.45) is 1.97. The number of hydrogen-bond acceptors (Lipinski definition) is 9. The van der Waals surface area contributed by atoms with Crippen LogP contribution in [0.5, 0.6) is 0 Å². The van der Waals surface area contributed by atoms with Gasteiger partial charge in [0.25, 0.3) is 17.3 Å². The normalized spacial score (nSPS) is 11.2. The first-order valence-corrected chi connectivity index (χ1v) is 12.2. The van der Waals surface area contributed by atoms with Gasteiger partial charge in [0.1, 0.15) is 0 Å². The Labute approximate surface area is 198 Å². The lowest BCUT2D eigenvalue weighted by Crippen LogP contribution is -2.38. The average molecular weight is 490 g/mol. The lowest BCUT2D eigenvalue weighted by atomic mass is 10.1. The molecule has 0 aliphatic heterocycles. The van der Waals surface area contributed by atoms with Gasteiger partial charge >= 0.3 is 0 Å². The number of nitrogens with zero attached hydrogens (tertiary/aromatic N) is 5. The number of hydrogen-bond donors (Lipinski definition) is 0. The van der Waals surface area contributed by atoms with Crippen LogP contribution in [0, 0.1) is 20.2 Å². The van der Waals surface area contributed by atoms with Crippen molar-refractivity contribution in [2.45, 2.75) is 18.7 Å². The first-order valence-electron chi connectivity index (χ1n) is 10.2. The standard InChI is InChI=1S/C21H23N5O5S2/c1-4-23(5-2)8-9-24(21-22-18-7-6-17(32-3)13-19(18)33-21)20(27)14-10-15(25(28)29)12-16(11-14)26(30)31/h6-7,10-13H,4-5,8-9H2,1-3H3. The van der Waals surface area contributed by atoms with Crippen LogP contribution in [0.25, 0.3) is 10.2 Å². The van der Waals surface area contributed by atoms with Crippen LogP contribution < -0.4 is 4.90 Å². The fraction of sp³-hybridized carbons (Fsp3) is 0.333. The number of aromatic nitrogens is 1. The van der Waals surface area contributed by atoms with E-state index in [1.807, 2.05) is 38.3 Å². The number of non-ortho nitro benzene ring substituents is 2. The monoisotopic (exact) mass is 489 g/mol. The van der Waals surface area contributed by atoms with Crippen LogP contribution in [-0.4, -0.2) is 58.1 Å². The highest BCUT2D eigenvalue weighted by atomic mass is 32.2. The summed E-state index contributed by atoms with van der Waals surface area (Å²) in [6.45, 7) is 6.45. The van der Waals surface area contributed by atoms with Gasteiger partial charge in [0, 0.05) is 30.1 Å². The zero-order chi connectivity index (χ0) is 24.1. The third kappa shape index (κ3) is 5.64. The number of carbonyl (C=O) groups excluding carboxylic acids is 1. The molecule has 0 spiro atoms. The van der Waals surface area contributed by atoms with Gasteiger partial charge in [-0.25, -0.2) is 4.98 Å². The van der Waals surface area contributed by atoms with E-state index in [-0.39, 0.29) is 12.1 Å². The molecule has 33 heavy (non-hydrogen) atoms. The number of likely N-dealkylation sites (N-methyl/N-ethyl adjacent to an activating group) is 1. The molecule has 0 N–H and O–H groups in total. The maximum absolute atomic E-state index is 13.5. The third-order valence-electron chi connectivity index (χ3n) is 5.17. The predicted octanol–water partition coefficient (Wildman–Crippen LogP) is 4.82. The molecule has 0 bridgehead atoms. The van der Waals surface area contributed by atoms with Gasteiger partial charge in [-0.3, -0.25) is 29.9 Å². The second-order valence-corrected chi connectivity index (χ2v) is 8.95. The van der Waals surface area contributed by atoms with E-state index in [1.54, 1.807) is 11.8 Å². The highest BCUT2D eigenvalue weighted by molar-refractivity contribution is 7.98. The molecule has 1 heterocycles. The Morgan fingerprint density at radius 2 is 1.67 bits per heavy atom. The van der Waals surface area contributed by atoms with Gasteiger partial charge in [-0.2, -0.15) is 0 Å². The Hall–Kier alpha value is -3.09. The number of thiazole rings is 1. The molecule has 1 amide bonds. The summed E-state index contributed by atoms with van der Waals surface area (Å²) in [4.78, 5) is 43.9. The Kier molecular flexibility index (Phi) is 7.95. The smallest absolute Gasteiger partial charge is 0.277 e. The largest absolute Gasteiger partial charge is 0.302 e. The molecule has 174 valence electrons. The third-order valence-corrected chi connectivity index (χ3v) is 6.93. The number of fused-ring (bicyclic) bond motifs is 1. The zero-order valence-corrected chi connectivity index (χ0v) is 20.0. The molecule has 10 nitrogen and oxygen atoms in total. The average Bonchev–Trinajstić information content (AvgIpc) is 3.23. The minimum Gasteiger partial charge on any atom is -0.302 e. The van der Waals surface area contributed by atoms with Crippen molar-refractivity contribution in [3.05, 3.63) is 62.2 Å². The van der Waals surface area contributed by atoms with E-state index in [2.05, 4.69) is 9.88 Å². The molecule has 1 aromatic heterocycles. The summed E-state index contributed by atoms with van der Waals surface area (Å²) in [5.74, 6) is -0.571. The number of carbonyl (C=O) groups is 1. The Morgan fingerprint density at radius 3 is 2.21 bits per heavy atom. The van der Waals surface area contributed by atoms with Gasteiger partial charge in [-0.15, -0.1) is 11.8 Å². The Morgan fingerprint density at radius 1 is 1.03 bits per heavy atom. The van der Waals surface area contributed by atoms with Crippen molar-refractivity contribution < 1.29 is 14.6 Å². The number of thioether (sulfide) groups is 1. The highest BCUT2D eigenvalue weighted by Crippen LogP contribution is 2.33. The van der Waals surface area contributed by atoms with Gasteiger partial charge in [0.2, 0.25) is 0 Å². The van der Waals surface area contributed by atoms with E-state index in [9.17, 15) is 25.0 Å². The molecule has 3 rings (SSSR count). The first kappa shape index (κ1) is 24.6. The summed E-state index contributed by atoms with van der Waals surface area (Å²) in [6, 6.07) is 8.80. The Bertz CT molecular complexity index is 1160. The van der Waals surface area contributed by atoms with E-state index in [0.29, 0.717) is 11.7 Å². The molecular weight excluding hydrogens is 466 g/mol. The molecule has 12 heteroatoms. The number of rotatable bonds is 10. The maximum atomic E-state index is 13.5. The minimum atomic E-state index is -0.744. The van der Waals surface area contributed by atoms with Gasteiger partial charge in [-0.05, 0) is 37.5 Å². The first-order chi connectivity index (χ1) is 15.8. The zero-order valence-electron chi connectivity index (χ0n) is 18.4. The van der Waals surface area contributed by atoms with E-state index in [1.165, 1.54) is 16.2 Å². The van der Waals surface area contributed by atoms with Crippen LogP contribution in [0.1, 0.15) is 24.2 Å². The summed E-state index contributed by atoms with van der Waals surface area (Å²) >= 11 is 2.94. The summed E-state index contributed by atoms with van der Waals surface area (Å²) < 4.78 is 0.905. The van der Waals surface area contributed by atoms with Crippen molar-refractivity contribution in [1.29, 1.82) is 0 Å². The lowest BCUT2D eigenvalue weighted by Gasteiger charge is -2.24. The van der Waals surface area contributed by atoms with Crippen molar-refractivity contribution in [3.8, 4) is 0 Å². The fourth-order valence-electron chi connectivity index (χ4n) is 3.29. The van der Waals surface area contributed by atoms with Crippen molar-refractivity contribution in [1.82, 2.24) is 9.88 Å². The molecule has 0 saturated carbocycles. The van der Waals surface area contributed by atoms with E-state index >= 15 is 0 Å². The SMILES string of the molecule is CCN(CC)CCN(C(=O)c1cc([N+](=O)[O-])cc([N+](=O)[O-])c1)c1nc2ccc(SC)cc2s1. The molecule has 0 aliphatic rings. The second kappa shape index (κ2) is 10.7. The van der Waals surface area contributed by atoms with Crippen molar-refractivity contribution >= 4 is 55.7 Å². The number of amides is 1. The van der Waals surface area contributed by atoms with Crippen LogP contribution in [0.2, 0.25) is 0 Å². The van der Waals surface area contributed by atoms with Gasteiger partial charge in [0.05, 0.1) is 31.7 Å². The van der Waals surface area contributed by atoms with Crippen LogP contribution in [0.4, 0.5) is 16.5 Å². The van der Waals surface area contributed by atoms with Crippen LogP contribution in [-0.2, 0) is 0 Å². The van der Waals surface area contributed by atoms with Crippen LogP contribution in [0.3, 0.4) is 0 Å². The summed E-state index contributed by atoms with van der Waals surface area (Å²) in [5, 5.41) is 23.0. The molecular formula is C21H23N5O5S2. The molecule has 0 atom stereocenters. The van der Waals surface area contributed by atoms with E-state index in [0.717, 1.165) is 46.4 Å². The fourth-order valence-corrected chi connectivity index (χ4v) is 4.83. The number of nitro groups is 2. The van der Waals surface area contributed by atoms with Gasteiger partial charge in [0.15, 0.2) is 5.13 Å². The predicted molar refractivity (Wildman–Crippen MR) is 131 cm³/mol. The topological polar surface area (TPSA) is 123 Å². The van der Waals surface area contributed by atoms with E-state index in [4.69, 9.17) is 0 Å². The number of benzene rings is 2. The molecule has 2 aromatic carbocycles. The summed E-state index contributed by atoms with van der Waals surface area (Å²) in [7, 11) is 0. The van der Waals surface area contributed by atoms with Crippen molar-refractivity contribution in [3.63, 3.8) is 0 Å². The number of nitro benzene ring substituents is 2. The van der Waals surface area contributed by atoms with Crippen molar-refractivity contribution in [2.24, 2.45) is 0 Å². The van der Waals surface area contributed by atoms with Gasteiger partial charge in [-0.1, -0.05) is 25.2 Å². The minimum absolute atomic E-state index is 0.125. The molecule has 0 unspecified atom stereocenters. The molecule has 3 aromatic rings. The summed E-state index contributed by atoms with van der Waals surface area (Å²) in [5.41, 5.74) is -0.409. The molecule has 0 saturated heterocycles. The molecule has 0 fully saturated rings. The maximum Gasteiger partial charge on any atom is 0.277 e. The van der Waals surface area contributed by atoms with Gasteiger partial charge < -0.3 is 4.90 Å².